The topological polar surface area (TPSA) is 106 Å². The molecule has 9 heteroatoms. The second-order valence-corrected chi connectivity index (χ2v) is 7.07. The van der Waals surface area contributed by atoms with Crippen molar-refractivity contribution < 1.29 is 19.0 Å². The third-order valence-corrected chi connectivity index (χ3v) is 5.29. The van der Waals surface area contributed by atoms with Crippen LogP contribution in [-0.2, 0) is 19.0 Å². The molecule has 0 saturated carbocycles. The minimum Gasteiger partial charge on any atom is -0.462 e. The van der Waals surface area contributed by atoms with Crippen LogP contribution in [0.3, 0.4) is 0 Å². The lowest BCUT2D eigenvalue weighted by atomic mass is 10.0. The number of carbonyl (C=O) groups excluding carboxylic acids is 1. The Bertz CT molecular complexity index is 1080. The van der Waals surface area contributed by atoms with Crippen LogP contribution < -0.4 is 10.5 Å². The zero-order valence-electron chi connectivity index (χ0n) is 16.7. The minimum absolute atomic E-state index is 0.133. The first-order chi connectivity index (χ1) is 14.6. The van der Waals surface area contributed by atoms with E-state index in [-0.39, 0.29) is 23.3 Å². The summed E-state index contributed by atoms with van der Waals surface area (Å²) in [6.07, 6.45) is 4.15. The lowest BCUT2D eigenvalue weighted by Gasteiger charge is -2.38. The first-order valence-corrected chi connectivity index (χ1v) is 9.90. The molecule has 0 atom stereocenters. The average molecular weight is 410 g/mol. The number of pyridine rings is 1. The van der Waals surface area contributed by atoms with Crippen LogP contribution in [0.4, 0.5) is 5.82 Å². The van der Waals surface area contributed by atoms with E-state index >= 15 is 0 Å². The van der Waals surface area contributed by atoms with Crippen LogP contribution in [0.25, 0.3) is 11.7 Å². The number of nitriles is 1. The predicted molar refractivity (Wildman–Crippen MR) is 108 cm³/mol. The summed E-state index contributed by atoms with van der Waals surface area (Å²) >= 11 is 0. The molecule has 2 saturated heterocycles. The molecule has 1 spiro atoms. The molecule has 0 radical (unpaired) electrons. The van der Waals surface area contributed by atoms with Gasteiger partial charge >= 0.3 is 5.97 Å². The monoisotopic (exact) mass is 410 g/mol. The Labute approximate surface area is 173 Å². The van der Waals surface area contributed by atoms with Gasteiger partial charge in [0, 0.05) is 32.1 Å². The number of hydrogen-bond acceptors (Lipinski definition) is 8. The van der Waals surface area contributed by atoms with E-state index < -0.39 is 11.8 Å². The Morgan fingerprint density at radius 1 is 1.33 bits per heavy atom. The third-order valence-electron chi connectivity index (χ3n) is 5.29. The number of fused-ring (bicyclic) bond motifs is 1. The van der Waals surface area contributed by atoms with Crippen molar-refractivity contribution in [2.24, 2.45) is 0 Å². The van der Waals surface area contributed by atoms with Gasteiger partial charge in [-0.2, -0.15) is 5.26 Å². The van der Waals surface area contributed by atoms with Gasteiger partial charge in [0.1, 0.15) is 23.1 Å². The molecule has 2 aromatic heterocycles. The molecule has 2 aliphatic rings. The molecular weight excluding hydrogens is 388 g/mol. The summed E-state index contributed by atoms with van der Waals surface area (Å²) in [7, 11) is 0. The number of esters is 1. The van der Waals surface area contributed by atoms with Gasteiger partial charge in [0.15, 0.2) is 5.79 Å². The van der Waals surface area contributed by atoms with E-state index in [0.717, 1.165) is 0 Å². The maximum Gasteiger partial charge on any atom is 0.348 e. The van der Waals surface area contributed by atoms with E-state index in [1.807, 2.05) is 11.0 Å². The van der Waals surface area contributed by atoms with Crippen molar-refractivity contribution in [3.05, 3.63) is 45.9 Å². The lowest BCUT2D eigenvalue weighted by molar-refractivity contribution is -0.169. The highest BCUT2D eigenvalue weighted by molar-refractivity contribution is 5.98. The molecule has 2 aliphatic heterocycles. The molecule has 0 unspecified atom stereocenters. The molecule has 4 rings (SSSR count). The summed E-state index contributed by atoms with van der Waals surface area (Å²) in [6.45, 7) is 4.08. The third kappa shape index (κ3) is 3.67. The molecule has 2 fully saturated rings. The van der Waals surface area contributed by atoms with Gasteiger partial charge in [-0.05, 0) is 25.1 Å². The van der Waals surface area contributed by atoms with Crippen LogP contribution in [0.1, 0.15) is 25.3 Å². The van der Waals surface area contributed by atoms with Crippen LogP contribution in [0.2, 0.25) is 0 Å². The molecule has 4 heterocycles. The van der Waals surface area contributed by atoms with Gasteiger partial charge in [-0.15, -0.1) is 0 Å². The summed E-state index contributed by atoms with van der Waals surface area (Å²) in [4.78, 5) is 32.0. The highest BCUT2D eigenvalue weighted by Gasteiger charge is 2.40. The fourth-order valence-corrected chi connectivity index (χ4v) is 3.79. The number of piperidine rings is 1. The molecule has 0 bridgehead atoms. The summed E-state index contributed by atoms with van der Waals surface area (Å²) in [6, 6.07) is 7.09. The number of carbonyl (C=O) groups is 1. The van der Waals surface area contributed by atoms with Crippen molar-refractivity contribution in [3.63, 3.8) is 0 Å². The van der Waals surface area contributed by atoms with Crippen LogP contribution in [0.15, 0.2) is 34.8 Å². The first-order valence-electron chi connectivity index (χ1n) is 9.90. The van der Waals surface area contributed by atoms with Gasteiger partial charge in [-0.25, -0.2) is 9.78 Å². The predicted octanol–water partition coefficient (Wildman–Crippen LogP) is 1.51. The lowest BCUT2D eigenvalue weighted by Crippen LogP contribution is -2.46. The van der Waals surface area contributed by atoms with Crippen LogP contribution >= 0.6 is 0 Å². The maximum absolute atomic E-state index is 13.2. The van der Waals surface area contributed by atoms with E-state index in [1.54, 1.807) is 31.3 Å². The Balaban J connectivity index is 1.78. The van der Waals surface area contributed by atoms with E-state index in [0.29, 0.717) is 50.6 Å². The summed E-state index contributed by atoms with van der Waals surface area (Å²) in [5.74, 6) is -0.911. The molecule has 9 nitrogen and oxygen atoms in total. The zero-order chi connectivity index (χ0) is 21.1. The zero-order valence-corrected chi connectivity index (χ0v) is 16.7. The Morgan fingerprint density at radius 3 is 2.73 bits per heavy atom. The maximum atomic E-state index is 13.2. The number of anilines is 1. The SMILES string of the molecule is CCOC(=O)C(C#N)=Cc1c(N2CCC3(CC2)OCCO3)nc2ccccn2c1=O. The minimum atomic E-state index is -0.770. The summed E-state index contributed by atoms with van der Waals surface area (Å²) < 4.78 is 17.9. The smallest absolute Gasteiger partial charge is 0.348 e. The second-order valence-electron chi connectivity index (χ2n) is 7.07. The molecule has 2 aromatic rings. The van der Waals surface area contributed by atoms with Crippen molar-refractivity contribution >= 4 is 23.5 Å². The fourth-order valence-electron chi connectivity index (χ4n) is 3.79. The average Bonchev–Trinajstić information content (AvgIpc) is 3.22. The van der Waals surface area contributed by atoms with E-state index in [4.69, 9.17) is 14.2 Å². The van der Waals surface area contributed by atoms with Crippen molar-refractivity contribution in [2.45, 2.75) is 25.6 Å². The molecule has 0 aliphatic carbocycles. The summed E-state index contributed by atoms with van der Waals surface area (Å²) in [5, 5.41) is 9.43. The van der Waals surface area contributed by atoms with Crippen LogP contribution in [0.5, 0.6) is 0 Å². The Kier molecular flexibility index (Phi) is 5.53. The number of nitrogens with zero attached hydrogens (tertiary/aromatic N) is 4. The quantitative estimate of drug-likeness (QED) is 0.424. The highest BCUT2D eigenvalue weighted by Crippen LogP contribution is 2.33. The number of hydrogen-bond donors (Lipinski definition) is 0. The molecule has 0 amide bonds. The van der Waals surface area contributed by atoms with Gasteiger partial charge in [-0.3, -0.25) is 9.20 Å². The molecule has 0 aromatic carbocycles. The van der Waals surface area contributed by atoms with Gasteiger partial charge in [0.25, 0.3) is 5.56 Å². The second kappa shape index (κ2) is 8.26. The normalized spacial score (nSPS) is 18.5. The van der Waals surface area contributed by atoms with E-state index in [9.17, 15) is 14.9 Å². The van der Waals surface area contributed by atoms with Gasteiger partial charge in [0.05, 0.1) is 25.4 Å². The molecule has 0 N–H and O–H groups in total. The van der Waals surface area contributed by atoms with E-state index in [2.05, 4.69) is 4.98 Å². The van der Waals surface area contributed by atoms with Crippen molar-refractivity contribution in [3.8, 4) is 6.07 Å². The molecule has 156 valence electrons. The molecule has 30 heavy (non-hydrogen) atoms. The first kappa shape index (κ1) is 20.1. The number of aromatic nitrogens is 2. The van der Waals surface area contributed by atoms with Gasteiger partial charge in [0.2, 0.25) is 0 Å². The van der Waals surface area contributed by atoms with Gasteiger partial charge < -0.3 is 19.1 Å². The fraction of sp³-hybridized carbons (Fsp3) is 0.429. The largest absolute Gasteiger partial charge is 0.462 e. The van der Waals surface area contributed by atoms with Crippen LogP contribution in [0, 0.1) is 11.3 Å². The van der Waals surface area contributed by atoms with Crippen molar-refractivity contribution in [2.75, 3.05) is 37.8 Å². The van der Waals surface area contributed by atoms with Crippen molar-refractivity contribution in [1.82, 2.24) is 9.38 Å². The summed E-state index contributed by atoms with van der Waals surface area (Å²) in [5.41, 5.74) is 0.0515. The number of ether oxygens (including phenoxy) is 3. The Hall–Kier alpha value is -3.22. The van der Waals surface area contributed by atoms with Gasteiger partial charge in [-0.1, -0.05) is 6.07 Å². The van der Waals surface area contributed by atoms with Crippen molar-refractivity contribution in [1.29, 1.82) is 5.26 Å². The van der Waals surface area contributed by atoms with E-state index in [1.165, 1.54) is 10.5 Å². The molecular formula is C21H22N4O5. The number of rotatable bonds is 4. The van der Waals surface area contributed by atoms with Crippen LogP contribution in [-0.4, -0.2) is 54.1 Å². The highest BCUT2D eigenvalue weighted by atomic mass is 16.7. The standard InChI is InChI=1S/C21H22N4O5/c1-2-28-20(27)15(14-22)13-16-18(23-17-5-3-4-8-25(17)19(16)26)24-9-6-21(7-10-24)29-11-12-30-21/h3-5,8,13H,2,6-7,9-12H2,1H3. The Morgan fingerprint density at radius 2 is 2.07 bits per heavy atom.